The topological polar surface area (TPSA) is 64.7 Å². The summed E-state index contributed by atoms with van der Waals surface area (Å²) in [6.07, 6.45) is 0.523. The number of anilines is 2. The van der Waals surface area contributed by atoms with Crippen molar-refractivity contribution in [1.29, 1.82) is 0 Å². The number of fused-ring (bicyclic) bond motifs is 1. The number of nitrogens with one attached hydrogen (secondary N) is 2. The van der Waals surface area contributed by atoms with Crippen molar-refractivity contribution in [1.82, 2.24) is 10.2 Å². The highest BCUT2D eigenvalue weighted by molar-refractivity contribution is 9.10. The van der Waals surface area contributed by atoms with E-state index in [1.165, 1.54) is 0 Å². The molecule has 0 atom stereocenters. The van der Waals surface area contributed by atoms with Gasteiger partial charge in [-0.1, -0.05) is 58.7 Å². The predicted molar refractivity (Wildman–Crippen MR) is 146 cm³/mol. The zero-order valence-electron chi connectivity index (χ0n) is 18.6. The van der Waals surface area contributed by atoms with Crippen molar-refractivity contribution in [2.24, 2.45) is 0 Å². The van der Waals surface area contributed by atoms with Crippen LogP contribution in [0.25, 0.3) is 10.8 Å². The maximum absolute atomic E-state index is 12.9. The van der Waals surface area contributed by atoms with Crippen LogP contribution in [-0.4, -0.2) is 48.0 Å². The summed E-state index contributed by atoms with van der Waals surface area (Å²) < 4.78 is 0.924. The van der Waals surface area contributed by atoms with Gasteiger partial charge in [0, 0.05) is 48.3 Å². The minimum absolute atomic E-state index is 0.178. The molecule has 0 saturated carbocycles. The van der Waals surface area contributed by atoms with Gasteiger partial charge in [0.25, 0.3) is 5.91 Å². The van der Waals surface area contributed by atoms with Crippen molar-refractivity contribution in [3.63, 3.8) is 0 Å². The van der Waals surface area contributed by atoms with Gasteiger partial charge in [-0.05, 0) is 53.3 Å². The van der Waals surface area contributed by atoms with Crippen LogP contribution in [0.1, 0.15) is 23.7 Å². The Morgan fingerprint density at radius 1 is 1.03 bits per heavy atom. The van der Waals surface area contributed by atoms with Crippen LogP contribution in [0.4, 0.5) is 11.4 Å². The number of nitrogens with zero attached hydrogens (tertiary/aromatic N) is 2. The number of amides is 2. The molecule has 1 saturated heterocycles. The van der Waals surface area contributed by atoms with E-state index >= 15 is 0 Å². The van der Waals surface area contributed by atoms with Gasteiger partial charge in [0.1, 0.15) is 0 Å². The molecule has 0 aromatic heterocycles. The van der Waals surface area contributed by atoms with Crippen molar-refractivity contribution in [2.45, 2.75) is 13.3 Å². The largest absolute Gasteiger partial charge is 0.367 e. The monoisotopic (exact) mass is 558 g/mol. The number of carbonyl (C=O) groups excluding carboxylic acids is 2. The number of benzene rings is 3. The molecule has 0 radical (unpaired) electrons. The number of rotatable bonds is 4. The number of piperazine rings is 1. The van der Waals surface area contributed by atoms with E-state index in [-0.39, 0.29) is 16.9 Å². The lowest BCUT2D eigenvalue weighted by Crippen LogP contribution is -2.48. The van der Waals surface area contributed by atoms with Crippen LogP contribution < -0.4 is 15.5 Å². The Morgan fingerprint density at radius 2 is 1.74 bits per heavy atom. The number of hydrogen-bond acceptors (Lipinski definition) is 4. The first-order chi connectivity index (χ1) is 16.4. The van der Waals surface area contributed by atoms with Crippen molar-refractivity contribution in [2.75, 3.05) is 36.4 Å². The fraction of sp³-hybridized carbons (Fsp3) is 0.240. The van der Waals surface area contributed by atoms with Crippen LogP contribution >= 0.6 is 39.7 Å². The molecule has 4 rings (SSSR count). The number of thiocarbonyl (C=S) groups is 1. The number of halogens is 2. The van der Waals surface area contributed by atoms with Gasteiger partial charge in [0.15, 0.2) is 5.11 Å². The van der Waals surface area contributed by atoms with Crippen molar-refractivity contribution in [3.8, 4) is 0 Å². The highest BCUT2D eigenvalue weighted by Crippen LogP contribution is 2.30. The molecule has 3 aromatic carbocycles. The smallest absolute Gasteiger partial charge is 0.258 e. The third kappa shape index (κ3) is 5.35. The van der Waals surface area contributed by atoms with Crippen LogP contribution in [0.3, 0.4) is 0 Å². The summed E-state index contributed by atoms with van der Waals surface area (Å²) in [5, 5.41) is 8.34. The zero-order valence-corrected chi connectivity index (χ0v) is 21.8. The lowest BCUT2D eigenvalue weighted by atomic mass is 10.0. The molecule has 3 aromatic rings. The second kappa shape index (κ2) is 10.7. The summed E-state index contributed by atoms with van der Waals surface area (Å²) in [5.74, 6) is -0.111. The summed E-state index contributed by atoms with van der Waals surface area (Å²) in [6, 6.07) is 16.9. The maximum Gasteiger partial charge on any atom is 0.258 e. The predicted octanol–water partition coefficient (Wildman–Crippen LogP) is 5.44. The minimum atomic E-state index is -0.289. The Morgan fingerprint density at radius 3 is 2.44 bits per heavy atom. The molecule has 6 nitrogen and oxygen atoms in total. The summed E-state index contributed by atoms with van der Waals surface area (Å²) >= 11 is 15.5. The maximum atomic E-state index is 12.9. The molecule has 2 N–H and O–H groups in total. The average Bonchev–Trinajstić information content (AvgIpc) is 2.83. The molecule has 2 amide bonds. The van der Waals surface area contributed by atoms with Crippen molar-refractivity contribution in [3.05, 3.63) is 69.7 Å². The lowest BCUT2D eigenvalue weighted by Gasteiger charge is -2.36. The third-order valence-electron chi connectivity index (χ3n) is 5.82. The Kier molecular flexibility index (Phi) is 7.70. The van der Waals surface area contributed by atoms with Gasteiger partial charge in [-0.25, -0.2) is 0 Å². The van der Waals surface area contributed by atoms with Crippen LogP contribution in [0.5, 0.6) is 0 Å². The van der Waals surface area contributed by atoms with Crippen LogP contribution in [0.2, 0.25) is 5.02 Å². The summed E-state index contributed by atoms with van der Waals surface area (Å²) in [4.78, 5) is 28.8. The van der Waals surface area contributed by atoms with E-state index in [1.54, 1.807) is 12.1 Å². The molecule has 0 bridgehead atoms. The van der Waals surface area contributed by atoms with Crippen LogP contribution in [0, 0.1) is 0 Å². The van der Waals surface area contributed by atoms with Crippen molar-refractivity contribution < 1.29 is 9.59 Å². The van der Waals surface area contributed by atoms with E-state index in [1.807, 2.05) is 54.3 Å². The van der Waals surface area contributed by atoms with Gasteiger partial charge in [0.05, 0.1) is 10.7 Å². The number of carbonyl (C=O) groups is 2. The Balaban J connectivity index is 1.40. The minimum Gasteiger partial charge on any atom is -0.367 e. The second-order valence-electron chi connectivity index (χ2n) is 7.94. The molecule has 176 valence electrons. The molecule has 1 fully saturated rings. The van der Waals surface area contributed by atoms with E-state index in [0.29, 0.717) is 35.8 Å². The van der Waals surface area contributed by atoms with E-state index in [9.17, 15) is 9.59 Å². The quantitative estimate of drug-likeness (QED) is 0.417. The molecule has 1 aliphatic rings. The first kappa shape index (κ1) is 24.4. The molecule has 0 unspecified atom stereocenters. The van der Waals surface area contributed by atoms with Gasteiger partial charge in [-0.15, -0.1) is 0 Å². The highest BCUT2D eigenvalue weighted by atomic mass is 79.9. The van der Waals surface area contributed by atoms with Gasteiger partial charge < -0.3 is 15.1 Å². The molecule has 34 heavy (non-hydrogen) atoms. The fourth-order valence-corrected chi connectivity index (χ4v) is 5.07. The zero-order chi connectivity index (χ0) is 24.2. The molecule has 1 heterocycles. The summed E-state index contributed by atoms with van der Waals surface area (Å²) in [6.45, 7) is 4.71. The molecule has 1 aliphatic heterocycles. The molecular weight excluding hydrogens is 536 g/mol. The highest BCUT2D eigenvalue weighted by Gasteiger charge is 2.21. The van der Waals surface area contributed by atoms with Crippen LogP contribution in [0.15, 0.2) is 59.1 Å². The normalized spacial score (nSPS) is 13.6. The van der Waals surface area contributed by atoms with Gasteiger partial charge in [-0.2, -0.15) is 0 Å². The van der Waals surface area contributed by atoms with Crippen molar-refractivity contribution >= 4 is 78.8 Å². The Labute approximate surface area is 217 Å². The molecule has 0 aliphatic carbocycles. The fourth-order valence-electron chi connectivity index (χ4n) is 4.06. The van der Waals surface area contributed by atoms with E-state index in [2.05, 4.69) is 31.5 Å². The first-order valence-corrected chi connectivity index (χ1v) is 12.6. The standard InChI is InChI=1S/C25H24BrClN4O2S/c1-2-23(32)31-13-11-30(12-14-31)22-10-9-16(15-21(22)27)28-25(34)29-24(33)19-7-3-6-18-17(19)5-4-8-20(18)26/h3-10,15H,2,11-14H2,1H3,(H2,28,29,33,34). The lowest BCUT2D eigenvalue weighted by molar-refractivity contribution is -0.131. The van der Waals surface area contributed by atoms with Gasteiger partial charge >= 0.3 is 0 Å². The van der Waals surface area contributed by atoms with Gasteiger partial charge in [-0.3, -0.25) is 14.9 Å². The molecule has 9 heteroatoms. The SMILES string of the molecule is CCC(=O)N1CCN(c2ccc(NC(=S)NC(=O)c3cccc4c(Br)cccc34)cc2Cl)CC1. The van der Waals surface area contributed by atoms with E-state index < -0.39 is 0 Å². The van der Waals surface area contributed by atoms with Crippen LogP contribution in [-0.2, 0) is 4.79 Å². The van der Waals surface area contributed by atoms with E-state index in [0.717, 1.165) is 34.0 Å². The van der Waals surface area contributed by atoms with Gasteiger partial charge in [0.2, 0.25) is 5.91 Å². The average molecular weight is 560 g/mol. The summed E-state index contributed by atoms with van der Waals surface area (Å²) in [7, 11) is 0. The first-order valence-electron chi connectivity index (χ1n) is 11.0. The third-order valence-corrected chi connectivity index (χ3v) is 7.02. The molecule has 0 spiro atoms. The van der Waals surface area contributed by atoms with E-state index in [4.69, 9.17) is 23.8 Å². The second-order valence-corrected chi connectivity index (χ2v) is 9.61. The Hall–Kier alpha value is -2.68. The summed E-state index contributed by atoms with van der Waals surface area (Å²) in [5.41, 5.74) is 2.13. The Bertz CT molecular complexity index is 1260. The number of hydrogen-bond donors (Lipinski definition) is 2. The molecular formula is C25H24BrClN4O2S.